The zero-order valence-corrected chi connectivity index (χ0v) is 21.7. The zero-order valence-electron chi connectivity index (χ0n) is 21.7. The number of alkyl halides is 3. The van der Waals surface area contributed by atoms with Gasteiger partial charge in [-0.05, 0) is 54.0 Å². The molecule has 1 aliphatic heterocycles. The molecule has 0 fully saturated rings. The molecule has 5 rings (SSSR count). The van der Waals surface area contributed by atoms with Gasteiger partial charge in [-0.15, -0.1) is 5.10 Å². The van der Waals surface area contributed by atoms with Crippen molar-refractivity contribution in [3.05, 3.63) is 77.6 Å². The van der Waals surface area contributed by atoms with E-state index in [2.05, 4.69) is 10.3 Å². The maximum absolute atomic E-state index is 14.3. The van der Waals surface area contributed by atoms with Crippen molar-refractivity contribution in [3.63, 3.8) is 0 Å². The summed E-state index contributed by atoms with van der Waals surface area (Å²) in [6.45, 7) is 1.09. The molecule has 40 heavy (non-hydrogen) atoms. The Morgan fingerprint density at radius 3 is 2.60 bits per heavy atom. The van der Waals surface area contributed by atoms with Gasteiger partial charge < -0.3 is 14.2 Å². The van der Waals surface area contributed by atoms with Crippen LogP contribution in [0.4, 0.5) is 17.6 Å². The Labute approximate surface area is 226 Å². The van der Waals surface area contributed by atoms with Gasteiger partial charge in [-0.1, -0.05) is 11.3 Å². The number of halogens is 4. The highest BCUT2D eigenvalue weighted by Crippen LogP contribution is 2.42. The Kier molecular flexibility index (Phi) is 7.17. The number of aromatic nitrogens is 3. The van der Waals surface area contributed by atoms with Gasteiger partial charge in [0, 0.05) is 56.3 Å². The summed E-state index contributed by atoms with van der Waals surface area (Å²) in [6, 6.07) is 6.91. The maximum Gasteiger partial charge on any atom is 0.417 e. The molecule has 0 saturated heterocycles. The molecule has 0 spiro atoms. The van der Waals surface area contributed by atoms with Crippen LogP contribution >= 0.6 is 0 Å². The molecule has 0 atom stereocenters. The lowest BCUT2D eigenvalue weighted by molar-refractivity contribution is -0.137. The van der Waals surface area contributed by atoms with Gasteiger partial charge in [0.1, 0.15) is 11.4 Å². The second-order valence-electron chi connectivity index (χ2n) is 9.69. The molecule has 12 heteroatoms. The van der Waals surface area contributed by atoms with E-state index in [4.69, 9.17) is 4.42 Å². The van der Waals surface area contributed by atoms with Gasteiger partial charge in [-0.3, -0.25) is 14.3 Å². The molecule has 8 nitrogen and oxygen atoms in total. The lowest BCUT2D eigenvalue weighted by atomic mass is 9.92. The topological polar surface area (TPSA) is 84.5 Å². The fraction of sp³-hybridized carbons (Fsp3) is 0.286. The Hall–Kier alpha value is -4.48. The lowest BCUT2D eigenvalue weighted by Crippen LogP contribution is -2.35. The summed E-state index contributed by atoms with van der Waals surface area (Å²) in [5.74, 6) is -1.49. The molecule has 2 aromatic carbocycles. The second kappa shape index (κ2) is 10.6. The molecule has 4 aromatic rings. The molecule has 208 valence electrons. The van der Waals surface area contributed by atoms with Gasteiger partial charge in [-0.2, -0.15) is 13.2 Å². The number of hydrogen-bond acceptors (Lipinski definition) is 5. The molecule has 1 aliphatic rings. The van der Waals surface area contributed by atoms with E-state index in [1.54, 1.807) is 21.8 Å². The average Bonchev–Trinajstić information content (AvgIpc) is 3.60. The van der Waals surface area contributed by atoms with Crippen LogP contribution in [0.2, 0.25) is 0 Å². The van der Waals surface area contributed by atoms with Crippen LogP contribution in [-0.4, -0.2) is 63.8 Å². The first-order valence-corrected chi connectivity index (χ1v) is 12.5. The number of fused-ring (bicyclic) bond motifs is 1. The second-order valence-corrected chi connectivity index (χ2v) is 9.69. The molecule has 3 heterocycles. The molecule has 0 bridgehead atoms. The largest absolute Gasteiger partial charge is 0.450 e. The molecule has 0 saturated carbocycles. The van der Waals surface area contributed by atoms with Crippen molar-refractivity contribution in [2.45, 2.75) is 25.6 Å². The van der Waals surface area contributed by atoms with Crippen molar-refractivity contribution in [1.29, 1.82) is 0 Å². The number of rotatable bonds is 6. The maximum atomic E-state index is 14.3. The van der Waals surface area contributed by atoms with Gasteiger partial charge in [0.15, 0.2) is 5.76 Å². The molecular formula is C28H25F4N5O3. The van der Waals surface area contributed by atoms with Gasteiger partial charge in [0.25, 0.3) is 5.91 Å². The highest BCUT2D eigenvalue weighted by molar-refractivity contribution is 6.02. The molecular weight excluding hydrogens is 530 g/mol. The molecule has 0 unspecified atom stereocenters. The van der Waals surface area contributed by atoms with Crippen LogP contribution in [0.5, 0.6) is 0 Å². The summed E-state index contributed by atoms with van der Waals surface area (Å²) < 4.78 is 63.6. The van der Waals surface area contributed by atoms with Crippen LogP contribution in [0, 0.1) is 5.82 Å². The van der Waals surface area contributed by atoms with Crippen LogP contribution in [0.3, 0.4) is 0 Å². The molecule has 0 N–H and O–H groups in total. The van der Waals surface area contributed by atoms with Gasteiger partial charge >= 0.3 is 6.18 Å². The number of carbonyl (C=O) groups excluding carboxylic acids is 2. The summed E-state index contributed by atoms with van der Waals surface area (Å²) in [5, 5.41) is 7.97. The first kappa shape index (κ1) is 27.1. The van der Waals surface area contributed by atoms with Crippen LogP contribution in [-0.2, 0) is 17.5 Å². The molecule has 0 aliphatic carbocycles. The van der Waals surface area contributed by atoms with Crippen molar-refractivity contribution in [2.24, 2.45) is 0 Å². The van der Waals surface area contributed by atoms with E-state index in [1.807, 2.05) is 6.08 Å². The minimum absolute atomic E-state index is 0.00679. The first-order valence-electron chi connectivity index (χ1n) is 12.5. The van der Waals surface area contributed by atoms with Crippen molar-refractivity contribution in [1.82, 2.24) is 24.8 Å². The fourth-order valence-corrected chi connectivity index (χ4v) is 4.74. The summed E-state index contributed by atoms with van der Waals surface area (Å²) in [7, 11) is 3.05. The van der Waals surface area contributed by atoms with Gasteiger partial charge in [0.2, 0.25) is 5.91 Å². The minimum atomic E-state index is -4.77. The monoisotopic (exact) mass is 555 g/mol. The van der Waals surface area contributed by atoms with Crippen LogP contribution < -0.4 is 0 Å². The smallest absolute Gasteiger partial charge is 0.417 e. The number of aryl methyl sites for hydroxylation is 1. The molecule has 0 radical (unpaired) electrons. The van der Waals surface area contributed by atoms with E-state index in [9.17, 15) is 27.2 Å². The van der Waals surface area contributed by atoms with Gasteiger partial charge in [-0.25, -0.2) is 4.39 Å². The van der Waals surface area contributed by atoms with Crippen molar-refractivity contribution in [2.75, 3.05) is 27.2 Å². The standard InChI is InChI=1S/C28H25F4N5O3/c1-35(2)27(39)24-14-19-12-18(17-4-3-9-36(16-17)25(38)7-10-37-11-8-33-34-37)13-22(26(19)40-24)21-15-20(29)5-6-23(21)28(30,31)32/h4-6,8,11-15H,3,7,9-10,16H2,1-2H3. The third kappa shape index (κ3) is 5.47. The highest BCUT2D eigenvalue weighted by Gasteiger charge is 2.35. The van der Waals surface area contributed by atoms with E-state index < -0.39 is 29.0 Å². The van der Waals surface area contributed by atoms with Crippen LogP contribution in [0.25, 0.3) is 27.7 Å². The third-order valence-corrected chi connectivity index (χ3v) is 6.71. The summed E-state index contributed by atoms with van der Waals surface area (Å²) in [6.07, 6.45) is 1.09. The SMILES string of the molecule is CN(C)C(=O)c1cc2cc(C3=CCCN(C(=O)CCn4ccnn4)C3)cc(-c3cc(F)ccc3C(F)(F)F)c2o1. The van der Waals surface area contributed by atoms with E-state index in [0.29, 0.717) is 36.5 Å². The van der Waals surface area contributed by atoms with Crippen molar-refractivity contribution >= 4 is 28.4 Å². The predicted molar refractivity (Wildman–Crippen MR) is 138 cm³/mol. The zero-order chi connectivity index (χ0) is 28.6. The number of furan rings is 1. The fourth-order valence-electron chi connectivity index (χ4n) is 4.74. The lowest BCUT2D eigenvalue weighted by Gasteiger charge is -2.28. The van der Waals surface area contributed by atoms with Crippen LogP contribution in [0.1, 0.15) is 34.5 Å². The van der Waals surface area contributed by atoms with Crippen molar-refractivity contribution < 1.29 is 31.6 Å². The quantitative estimate of drug-likeness (QED) is 0.303. The third-order valence-electron chi connectivity index (χ3n) is 6.71. The minimum Gasteiger partial charge on any atom is -0.450 e. The predicted octanol–water partition coefficient (Wildman–Crippen LogP) is 5.26. The summed E-state index contributed by atoms with van der Waals surface area (Å²) >= 11 is 0. The summed E-state index contributed by atoms with van der Waals surface area (Å²) in [4.78, 5) is 28.5. The molecule has 2 aromatic heterocycles. The number of carbonyl (C=O) groups is 2. The highest BCUT2D eigenvalue weighted by atomic mass is 19.4. The number of nitrogens with zero attached hydrogens (tertiary/aromatic N) is 5. The molecule has 2 amide bonds. The van der Waals surface area contributed by atoms with Crippen LogP contribution in [0.15, 0.2) is 59.3 Å². The Bertz CT molecular complexity index is 1610. The summed E-state index contributed by atoms with van der Waals surface area (Å²) in [5.41, 5.74) is -0.162. The Balaban J connectivity index is 1.57. The van der Waals surface area contributed by atoms with Crippen molar-refractivity contribution in [3.8, 4) is 11.1 Å². The average molecular weight is 556 g/mol. The number of benzene rings is 2. The van der Waals surface area contributed by atoms with E-state index in [1.165, 1.54) is 37.3 Å². The number of amides is 2. The first-order chi connectivity index (χ1) is 19.0. The van der Waals surface area contributed by atoms with Gasteiger partial charge in [0.05, 0.1) is 18.3 Å². The Morgan fingerprint density at radius 1 is 1.10 bits per heavy atom. The normalized spacial score (nSPS) is 13.9. The Morgan fingerprint density at radius 2 is 1.90 bits per heavy atom. The van der Waals surface area contributed by atoms with E-state index >= 15 is 0 Å². The number of hydrogen-bond donors (Lipinski definition) is 0. The van der Waals surface area contributed by atoms with E-state index in [0.717, 1.165) is 17.7 Å². The van der Waals surface area contributed by atoms with E-state index in [-0.39, 0.29) is 35.8 Å².